The number of carboxylic acid groups (broad SMARTS) is 1. The molecule has 0 radical (unpaired) electrons. The normalized spacial score (nSPS) is 19.2. The van der Waals surface area contributed by atoms with Gasteiger partial charge in [-0.15, -0.1) is 0 Å². The first-order valence-corrected chi connectivity index (χ1v) is 5.82. The Morgan fingerprint density at radius 1 is 1.58 bits per heavy atom. The monoisotopic (exact) mass is 263 g/mol. The van der Waals surface area contributed by atoms with Crippen molar-refractivity contribution in [1.29, 1.82) is 0 Å². The molecular formula is C12H13N3O4. The van der Waals surface area contributed by atoms with Crippen molar-refractivity contribution in [2.75, 3.05) is 11.4 Å². The number of piperazine rings is 1. The van der Waals surface area contributed by atoms with Crippen molar-refractivity contribution in [2.45, 2.75) is 19.4 Å². The molecule has 1 saturated heterocycles. The van der Waals surface area contributed by atoms with Crippen molar-refractivity contribution in [3.8, 4) is 0 Å². The van der Waals surface area contributed by atoms with Gasteiger partial charge in [0.15, 0.2) is 0 Å². The Labute approximate surface area is 109 Å². The lowest BCUT2D eigenvalue weighted by Gasteiger charge is -2.35. The molecule has 2 amide bonds. The van der Waals surface area contributed by atoms with Gasteiger partial charge >= 0.3 is 5.97 Å². The SMILES string of the molecule is CCC1C(=O)NC(=O)CN1c1cnccc1C(=O)O. The van der Waals surface area contributed by atoms with E-state index in [-0.39, 0.29) is 17.8 Å². The Hall–Kier alpha value is -2.44. The molecule has 2 N–H and O–H groups in total. The zero-order valence-corrected chi connectivity index (χ0v) is 10.3. The fourth-order valence-corrected chi connectivity index (χ4v) is 2.12. The van der Waals surface area contributed by atoms with E-state index in [0.29, 0.717) is 6.42 Å². The van der Waals surface area contributed by atoms with Crippen LogP contribution in [0.3, 0.4) is 0 Å². The summed E-state index contributed by atoms with van der Waals surface area (Å²) in [4.78, 5) is 39.8. The molecule has 2 rings (SSSR count). The van der Waals surface area contributed by atoms with Crippen LogP contribution in [-0.4, -0.2) is 40.5 Å². The van der Waals surface area contributed by atoms with Crippen molar-refractivity contribution in [2.24, 2.45) is 0 Å². The third-order valence-corrected chi connectivity index (χ3v) is 2.98. The van der Waals surface area contributed by atoms with Crippen molar-refractivity contribution in [3.63, 3.8) is 0 Å². The summed E-state index contributed by atoms with van der Waals surface area (Å²) in [6, 6.07) is 0.779. The van der Waals surface area contributed by atoms with Gasteiger partial charge in [0.05, 0.1) is 24.0 Å². The summed E-state index contributed by atoms with van der Waals surface area (Å²) < 4.78 is 0. The van der Waals surface area contributed by atoms with Gasteiger partial charge in [-0.25, -0.2) is 4.79 Å². The molecule has 1 unspecified atom stereocenters. The third kappa shape index (κ3) is 2.40. The predicted octanol–water partition coefficient (Wildman–Crippen LogP) is 0.0212. The lowest BCUT2D eigenvalue weighted by molar-refractivity contribution is -0.132. The minimum absolute atomic E-state index is 0.0240. The van der Waals surface area contributed by atoms with E-state index in [0.717, 1.165) is 0 Å². The standard InChI is InChI=1S/C12H13N3O4/c1-2-8-11(17)14-10(16)6-15(8)9-5-13-4-3-7(9)12(18)19/h3-5,8H,2,6H2,1H3,(H,18,19)(H,14,16,17). The molecule has 100 valence electrons. The quantitative estimate of drug-likeness (QED) is 0.746. The summed E-state index contributed by atoms with van der Waals surface area (Å²) in [5.74, 6) is -1.99. The average Bonchev–Trinajstić information content (AvgIpc) is 2.37. The Morgan fingerprint density at radius 3 is 2.95 bits per heavy atom. The highest BCUT2D eigenvalue weighted by Crippen LogP contribution is 2.24. The molecule has 0 aromatic carbocycles. The number of carbonyl (C=O) groups excluding carboxylic acids is 2. The fraction of sp³-hybridized carbons (Fsp3) is 0.333. The summed E-state index contributed by atoms with van der Waals surface area (Å²) in [6.45, 7) is 1.74. The molecule has 0 saturated carbocycles. The zero-order valence-electron chi connectivity index (χ0n) is 10.3. The van der Waals surface area contributed by atoms with Gasteiger partial charge in [-0.1, -0.05) is 6.92 Å². The molecule has 0 bridgehead atoms. The number of rotatable bonds is 3. The second kappa shape index (κ2) is 5.05. The summed E-state index contributed by atoms with van der Waals surface area (Å²) in [5, 5.41) is 11.4. The van der Waals surface area contributed by atoms with Gasteiger partial charge in [-0.2, -0.15) is 0 Å². The minimum atomic E-state index is -1.12. The summed E-state index contributed by atoms with van der Waals surface area (Å²) in [5.41, 5.74) is 0.306. The van der Waals surface area contributed by atoms with E-state index in [4.69, 9.17) is 5.11 Å². The number of hydrogen-bond donors (Lipinski definition) is 2. The van der Waals surface area contributed by atoms with Crippen LogP contribution >= 0.6 is 0 Å². The first-order valence-electron chi connectivity index (χ1n) is 5.82. The van der Waals surface area contributed by atoms with Crippen molar-refractivity contribution < 1.29 is 19.5 Å². The Bertz CT molecular complexity index is 544. The smallest absolute Gasteiger partial charge is 0.337 e. The molecule has 1 aromatic heterocycles. The largest absolute Gasteiger partial charge is 0.478 e. The molecular weight excluding hydrogens is 250 g/mol. The third-order valence-electron chi connectivity index (χ3n) is 2.98. The highest BCUT2D eigenvalue weighted by molar-refractivity contribution is 6.06. The number of anilines is 1. The number of aromatic nitrogens is 1. The summed E-state index contributed by atoms with van der Waals surface area (Å²) >= 11 is 0. The molecule has 0 aliphatic carbocycles. The minimum Gasteiger partial charge on any atom is -0.478 e. The van der Waals surface area contributed by atoms with Crippen LogP contribution in [-0.2, 0) is 9.59 Å². The van der Waals surface area contributed by atoms with Gasteiger partial charge in [-0.3, -0.25) is 19.9 Å². The zero-order chi connectivity index (χ0) is 14.0. The molecule has 1 aliphatic rings. The van der Waals surface area contributed by atoms with Crippen LogP contribution in [0.15, 0.2) is 18.5 Å². The molecule has 1 atom stereocenters. The van der Waals surface area contributed by atoms with E-state index in [2.05, 4.69) is 10.3 Å². The van der Waals surface area contributed by atoms with Crippen LogP contribution in [0.5, 0.6) is 0 Å². The number of carboxylic acids is 1. The molecule has 2 heterocycles. The van der Waals surface area contributed by atoms with Gasteiger partial charge in [0.2, 0.25) is 11.8 Å². The second-order valence-corrected chi connectivity index (χ2v) is 4.16. The summed E-state index contributed by atoms with van der Waals surface area (Å²) in [7, 11) is 0. The van der Waals surface area contributed by atoms with E-state index < -0.39 is 23.8 Å². The number of amides is 2. The van der Waals surface area contributed by atoms with Gasteiger partial charge in [0.25, 0.3) is 0 Å². The molecule has 19 heavy (non-hydrogen) atoms. The number of aromatic carboxylic acids is 1. The van der Waals surface area contributed by atoms with Crippen molar-refractivity contribution in [1.82, 2.24) is 10.3 Å². The van der Waals surface area contributed by atoms with Crippen LogP contribution in [0.25, 0.3) is 0 Å². The van der Waals surface area contributed by atoms with Crippen LogP contribution < -0.4 is 10.2 Å². The number of carbonyl (C=O) groups is 3. The van der Waals surface area contributed by atoms with Crippen LogP contribution in [0, 0.1) is 0 Å². The number of hydrogen-bond acceptors (Lipinski definition) is 5. The van der Waals surface area contributed by atoms with E-state index in [1.54, 1.807) is 6.92 Å². The van der Waals surface area contributed by atoms with Crippen molar-refractivity contribution in [3.05, 3.63) is 24.0 Å². The van der Waals surface area contributed by atoms with Crippen molar-refractivity contribution >= 4 is 23.5 Å². The number of imide groups is 1. The first-order chi connectivity index (χ1) is 9.04. The average molecular weight is 263 g/mol. The van der Waals surface area contributed by atoms with Crippen LogP contribution in [0.1, 0.15) is 23.7 Å². The highest BCUT2D eigenvalue weighted by atomic mass is 16.4. The Kier molecular flexibility index (Phi) is 3.46. The highest BCUT2D eigenvalue weighted by Gasteiger charge is 2.34. The maximum atomic E-state index is 11.8. The molecule has 0 spiro atoms. The summed E-state index contributed by atoms with van der Waals surface area (Å²) in [6.07, 6.45) is 3.19. The van der Waals surface area contributed by atoms with E-state index in [1.165, 1.54) is 23.4 Å². The molecule has 7 heteroatoms. The number of pyridine rings is 1. The van der Waals surface area contributed by atoms with E-state index >= 15 is 0 Å². The van der Waals surface area contributed by atoms with E-state index in [1.807, 2.05) is 0 Å². The molecule has 7 nitrogen and oxygen atoms in total. The maximum absolute atomic E-state index is 11.8. The van der Waals surface area contributed by atoms with Gasteiger partial charge < -0.3 is 10.0 Å². The number of nitrogens with zero attached hydrogens (tertiary/aromatic N) is 2. The lowest BCUT2D eigenvalue weighted by atomic mass is 10.1. The lowest BCUT2D eigenvalue weighted by Crippen LogP contribution is -2.58. The van der Waals surface area contributed by atoms with Gasteiger partial charge in [0.1, 0.15) is 6.04 Å². The fourth-order valence-electron chi connectivity index (χ4n) is 2.12. The van der Waals surface area contributed by atoms with Gasteiger partial charge in [-0.05, 0) is 12.5 Å². The Morgan fingerprint density at radius 2 is 2.32 bits per heavy atom. The van der Waals surface area contributed by atoms with Crippen LogP contribution in [0.2, 0.25) is 0 Å². The second-order valence-electron chi connectivity index (χ2n) is 4.16. The topological polar surface area (TPSA) is 99.6 Å². The predicted molar refractivity (Wildman–Crippen MR) is 65.8 cm³/mol. The van der Waals surface area contributed by atoms with Gasteiger partial charge in [0, 0.05) is 6.20 Å². The number of nitrogens with one attached hydrogen (secondary N) is 1. The van der Waals surface area contributed by atoms with E-state index in [9.17, 15) is 14.4 Å². The molecule has 1 fully saturated rings. The van der Waals surface area contributed by atoms with Crippen LogP contribution in [0.4, 0.5) is 5.69 Å². The molecule has 1 aromatic rings. The first kappa shape index (κ1) is 13.0. The maximum Gasteiger partial charge on any atom is 0.337 e. The Balaban J connectivity index is 2.46. The molecule has 1 aliphatic heterocycles.